The van der Waals surface area contributed by atoms with Gasteiger partial charge in [0.2, 0.25) is 5.78 Å². The average molecular weight is 560 g/mol. The van der Waals surface area contributed by atoms with Gasteiger partial charge in [-0.3, -0.25) is 9.69 Å². The predicted octanol–water partition coefficient (Wildman–Crippen LogP) is 6.58. The second-order valence-corrected chi connectivity index (χ2v) is 10.6. The zero-order chi connectivity index (χ0) is 27.9. The molecular weight excluding hydrogens is 532 g/mol. The highest BCUT2D eigenvalue weighted by Crippen LogP contribution is 2.34. The Morgan fingerprint density at radius 1 is 1.12 bits per heavy atom. The molecule has 0 saturated heterocycles. The number of H-pyrrole nitrogens is 1. The summed E-state index contributed by atoms with van der Waals surface area (Å²) >= 11 is 6.55. The van der Waals surface area contributed by atoms with Gasteiger partial charge in [-0.1, -0.05) is 54.1 Å². The minimum absolute atomic E-state index is 0.196. The van der Waals surface area contributed by atoms with Crippen LogP contribution in [0.3, 0.4) is 0 Å². The number of fused-ring (bicyclic) bond motifs is 1. The number of carbonyl (C=O) groups excluding carboxylic acids is 1. The Kier molecular flexibility index (Phi) is 6.90. The molecule has 4 aromatic rings. The number of rotatable bonds is 8. The standard InChI is InChI=1S/C31H28ClF2N5O/c1-19-25(15-35-19)29(40)31(33,34)18-39-13-12-23-21(17-39)8-5-9-27(23)37-22-10-11-26(32)24(14-22)30-36-16-28(38-30)20-6-3-2-4-7-20/h2-11,14,16,35,37H,12-13,15,17-18H2,1H3,(H,36,38). The Hall–Kier alpha value is -4.01. The first kappa shape index (κ1) is 26.2. The highest BCUT2D eigenvalue weighted by atomic mass is 35.5. The molecule has 9 heteroatoms. The van der Waals surface area contributed by atoms with Crippen molar-refractivity contribution in [2.45, 2.75) is 25.8 Å². The van der Waals surface area contributed by atoms with Crippen molar-refractivity contribution >= 4 is 28.8 Å². The molecule has 0 radical (unpaired) electrons. The highest BCUT2D eigenvalue weighted by Gasteiger charge is 2.44. The van der Waals surface area contributed by atoms with Gasteiger partial charge in [-0.05, 0) is 54.3 Å². The van der Waals surface area contributed by atoms with E-state index in [9.17, 15) is 13.6 Å². The third-order valence-corrected chi connectivity index (χ3v) is 7.85. The van der Waals surface area contributed by atoms with Gasteiger partial charge >= 0.3 is 5.92 Å². The second-order valence-electron chi connectivity index (χ2n) is 10.2. The number of allylic oxidation sites excluding steroid dienone is 1. The Balaban J connectivity index is 1.19. The molecule has 3 aromatic carbocycles. The van der Waals surface area contributed by atoms with Crippen LogP contribution < -0.4 is 10.6 Å². The van der Waals surface area contributed by atoms with Crippen molar-refractivity contribution in [2.24, 2.45) is 0 Å². The number of anilines is 2. The van der Waals surface area contributed by atoms with E-state index in [-0.39, 0.29) is 12.1 Å². The van der Waals surface area contributed by atoms with Crippen LogP contribution in [0.5, 0.6) is 0 Å². The SMILES string of the molecule is CC1=C(C(=O)C(F)(F)CN2CCc3c(cccc3Nc3ccc(Cl)c(-c4ncc(-c5ccccc5)[nH]4)c3)C2)CN1. The van der Waals surface area contributed by atoms with Gasteiger partial charge in [-0.25, -0.2) is 4.98 Å². The summed E-state index contributed by atoms with van der Waals surface area (Å²) in [5.74, 6) is -3.83. The summed E-state index contributed by atoms with van der Waals surface area (Å²) in [6.07, 6.45) is 2.38. The molecule has 2 aliphatic rings. The van der Waals surface area contributed by atoms with Crippen LogP contribution >= 0.6 is 11.6 Å². The molecule has 2 aliphatic heterocycles. The number of ketones is 1. The first-order valence-electron chi connectivity index (χ1n) is 13.2. The molecule has 0 unspecified atom stereocenters. The van der Waals surface area contributed by atoms with E-state index in [1.807, 2.05) is 66.7 Å². The van der Waals surface area contributed by atoms with Gasteiger partial charge in [0, 0.05) is 47.8 Å². The fourth-order valence-corrected chi connectivity index (χ4v) is 5.47. The van der Waals surface area contributed by atoms with Gasteiger partial charge in [0.1, 0.15) is 5.82 Å². The molecule has 0 amide bonds. The number of Topliss-reactive ketones (excluding diaryl/α,β-unsaturated/α-hetero) is 1. The molecule has 1 aromatic heterocycles. The summed E-state index contributed by atoms with van der Waals surface area (Å²) in [5.41, 5.74) is 7.23. The number of carbonyl (C=O) groups is 1. The van der Waals surface area contributed by atoms with Crippen molar-refractivity contribution in [3.8, 4) is 22.6 Å². The van der Waals surface area contributed by atoms with Gasteiger partial charge < -0.3 is 15.6 Å². The van der Waals surface area contributed by atoms with Crippen LogP contribution in [-0.4, -0.2) is 46.2 Å². The minimum atomic E-state index is -3.42. The molecule has 0 aliphatic carbocycles. The Morgan fingerprint density at radius 2 is 1.95 bits per heavy atom. The van der Waals surface area contributed by atoms with Crippen LogP contribution in [-0.2, 0) is 17.8 Å². The number of aromatic amines is 1. The minimum Gasteiger partial charge on any atom is -0.384 e. The van der Waals surface area contributed by atoms with Gasteiger partial charge in [0.05, 0.1) is 23.5 Å². The van der Waals surface area contributed by atoms with Gasteiger partial charge in [-0.15, -0.1) is 0 Å². The second kappa shape index (κ2) is 10.5. The molecule has 0 saturated carbocycles. The summed E-state index contributed by atoms with van der Waals surface area (Å²) < 4.78 is 29.6. The number of benzene rings is 3. The van der Waals surface area contributed by atoms with Gasteiger partial charge in [0.25, 0.3) is 0 Å². The molecule has 0 fully saturated rings. The Bertz CT molecular complexity index is 1620. The fourth-order valence-electron chi connectivity index (χ4n) is 5.26. The number of nitrogens with zero attached hydrogens (tertiary/aromatic N) is 2. The van der Waals surface area contributed by atoms with E-state index in [1.165, 1.54) is 0 Å². The molecule has 6 rings (SSSR count). The molecular formula is C31H28ClF2N5O. The largest absolute Gasteiger partial charge is 0.384 e. The fraction of sp³-hybridized carbons (Fsp3) is 0.226. The summed E-state index contributed by atoms with van der Waals surface area (Å²) in [4.78, 5) is 21.9. The lowest BCUT2D eigenvalue weighted by molar-refractivity contribution is -0.142. The van der Waals surface area contributed by atoms with Crippen molar-refractivity contribution in [1.29, 1.82) is 0 Å². The molecule has 204 valence electrons. The molecule has 0 spiro atoms. The first-order valence-corrected chi connectivity index (χ1v) is 13.5. The number of imidazole rings is 1. The van der Waals surface area contributed by atoms with Crippen LogP contribution in [0, 0.1) is 0 Å². The summed E-state index contributed by atoms with van der Waals surface area (Å²) in [6, 6.07) is 21.5. The van der Waals surface area contributed by atoms with Crippen molar-refractivity contribution in [2.75, 3.05) is 25.0 Å². The van der Waals surface area contributed by atoms with Gasteiger partial charge in [-0.2, -0.15) is 8.78 Å². The van der Waals surface area contributed by atoms with Crippen molar-refractivity contribution in [1.82, 2.24) is 20.2 Å². The van der Waals surface area contributed by atoms with E-state index in [4.69, 9.17) is 11.6 Å². The average Bonchev–Trinajstić information content (AvgIpc) is 3.44. The smallest absolute Gasteiger partial charge is 0.321 e. The maximum Gasteiger partial charge on any atom is 0.321 e. The van der Waals surface area contributed by atoms with Crippen LogP contribution in [0.1, 0.15) is 18.1 Å². The predicted molar refractivity (Wildman–Crippen MR) is 154 cm³/mol. The summed E-state index contributed by atoms with van der Waals surface area (Å²) in [5, 5.41) is 6.93. The first-order chi connectivity index (χ1) is 19.3. The number of aromatic nitrogens is 2. The quantitative estimate of drug-likeness (QED) is 0.227. The van der Waals surface area contributed by atoms with Crippen LogP contribution in [0.15, 0.2) is 84.2 Å². The normalized spacial score (nSPS) is 15.3. The zero-order valence-corrected chi connectivity index (χ0v) is 22.7. The van der Waals surface area contributed by atoms with Crippen molar-refractivity contribution < 1.29 is 13.6 Å². The molecule has 6 nitrogen and oxygen atoms in total. The lowest BCUT2D eigenvalue weighted by atomic mass is 9.95. The summed E-state index contributed by atoms with van der Waals surface area (Å²) in [7, 11) is 0. The van der Waals surface area contributed by atoms with Gasteiger partial charge in [0.15, 0.2) is 0 Å². The lowest BCUT2D eigenvalue weighted by Gasteiger charge is -2.33. The maximum atomic E-state index is 14.8. The monoisotopic (exact) mass is 559 g/mol. The van der Waals surface area contributed by atoms with E-state index in [1.54, 1.807) is 18.0 Å². The van der Waals surface area contributed by atoms with E-state index >= 15 is 0 Å². The van der Waals surface area contributed by atoms with Crippen molar-refractivity contribution in [3.63, 3.8) is 0 Å². The molecule has 3 N–H and O–H groups in total. The van der Waals surface area contributed by atoms with Crippen LogP contribution in [0.25, 0.3) is 22.6 Å². The number of nitrogens with one attached hydrogen (secondary N) is 3. The number of hydrogen-bond donors (Lipinski definition) is 3. The van der Waals surface area contributed by atoms with E-state index in [0.29, 0.717) is 36.1 Å². The van der Waals surface area contributed by atoms with E-state index in [0.717, 1.165) is 39.3 Å². The molecule has 0 bridgehead atoms. The third-order valence-electron chi connectivity index (χ3n) is 7.52. The van der Waals surface area contributed by atoms with Crippen LogP contribution in [0.4, 0.5) is 20.2 Å². The van der Waals surface area contributed by atoms with E-state index in [2.05, 4.69) is 20.6 Å². The highest BCUT2D eigenvalue weighted by molar-refractivity contribution is 6.33. The van der Waals surface area contributed by atoms with E-state index < -0.39 is 18.3 Å². The number of hydrogen-bond acceptors (Lipinski definition) is 5. The molecule has 3 heterocycles. The Labute approximate surface area is 236 Å². The lowest BCUT2D eigenvalue weighted by Crippen LogP contribution is -2.48. The third kappa shape index (κ3) is 5.12. The Morgan fingerprint density at radius 3 is 2.70 bits per heavy atom. The zero-order valence-electron chi connectivity index (χ0n) is 21.9. The maximum absolute atomic E-state index is 14.8. The van der Waals surface area contributed by atoms with Crippen LogP contribution in [0.2, 0.25) is 5.02 Å². The molecule has 0 atom stereocenters. The topological polar surface area (TPSA) is 73.0 Å². The summed E-state index contributed by atoms with van der Waals surface area (Å²) in [6.45, 7) is 2.06. The number of halogens is 3. The molecule has 40 heavy (non-hydrogen) atoms. The van der Waals surface area contributed by atoms with Crippen molar-refractivity contribution in [3.05, 3.63) is 100 Å². The number of alkyl halides is 2.